The Morgan fingerprint density at radius 1 is 0.750 bits per heavy atom. The van der Waals surface area contributed by atoms with Gasteiger partial charge in [-0.05, 0) is 26.2 Å². The van der Waals surface area contributed by atoms with E-state index >= 15 is 0 Å². The average molecular weight is 230 g/mol. The molecule has 0 atom stereocenters. The molecular weight excluding hydrogens is 200 g/mol. The first-order chi connectivity index (χ1) is 7.68. The lowest BCUT2D eigenvalue weighted by Gasteiger charge is -2.30. The highest BCUT2D eigenvalue weighted by atomic mass is 16.7. The Balaban J connectivity index is 3.86. The minimum Gasteiger partial charge on any atom is -0.350 e. The van der Waals surface area contributed by atoms with Crippen LogP contribution in [-0.4, -0.2) is 19.0 Å². The van der Waals surface area contributed by atoms with Crippen molar-refractivity contribution in [1.29, 1.82) is 0 Å². The summed E-state index contributed by atoms with van der Waals surface area (Å²) >= 11 is 0. The number of ether oxygens (including phenoxy) is 2. The van der Waals surface area contributed by atoms with Crippen molar-refractivity contribution < 1.29 is 9.47 Å². The molecule has 0 fully saturated rings. The molecule has 0 aromatic carbocycles. The van der Waals surface area contributed by atoms with Crippen LogP contribution in [0.3, 0.4) is 0 Å². The van der Waals surface area contributed by atoms with Gasteiger partial charge in [0, 0.05) is 19.6 Å². The van der Waals surface area contributed by atoms with Gasteiger partial charge >= 0.3 is 0 Å². The quantitative estimate of drug-likeness (QED) is 0.383. The van der Waals surface area contributed by atoms with Crippen molar-refractivity contribution in [3.8, 4) is 0 Å². The van der Waals surface area contributed by atoms with Gasteiger partial charge in [-0.3, -0.25) is 0 Å². The SMILES string of the molecule is CCCCCCC(C)(OCCC)OCCC. The molecule has 0 spiro atoms. The van der Waals surface area contributed by atoms with Crippen molar-refractivity contribution in [1.82, 2.24) is 0 Å². The van der Waals surface area contributed by atoms with E-state index in [1.165, 1.54) is 25.7 Å². The number of rotatable bonds is 11. The average Bonchev–Trinajstić information content (AvgIpc) is 2.30. The maximum atomic E-state index is 5.84. The number of hydrogen-bond acceptors (Lipinski definition) is 2. The largest absolute Gasteiger partial charge is 0.350 e. The lowest BCUT2D eigenvalue weighted by molar-refractivity contribution is -0.229. The van der Waals surface area contributed by atoms with E-state index in [9.17, 15) is 0 Å². The van der Waals surface area contributed by atoms with Gasteiger partial charge in [0.1, 0.15) is 0 Å². The summed E-state index contributed by atoms with van der Waals surface area (Å²) in [6, 6.07) is 0. The summed E-state index contributed by atoms with van der Waals surface area (Å²) in [5.74, 6) is -0.347. The fourth-order valence-electron chi connectivity index (χ4n) is 1.69. The summed E-state index contributed by atoms with van der Waals surface area (Å²) in [5.41, 5.74) is 0. The van der Waals surface area contributed by atoms with E-state index in [-0.39, 0.29) is 5.79 Å². The highest BCUT2D eigenvalue weighted by Crippen LogP contribution is 2.22. The van der Waals surface area contributed by atoms with Crippen LogP contribution in [0.25, 0.3) is 0 Å². The first-order valence-corrected chi connectivity index (χ1v) is 6.96. The van der Waals surface area contributed by atoms with Gasteiger partial charge in [0.15, 0.2) is 5.79 Å². The van der Waals surface area contributed by atoms with Gasteiger partial charge in [0.05, 0.1) is 0 Å². The predicted molar refractivity (Wildman–Crippen MR) is 69.7 cm³/mol. The van der Waals surface area contributed by atoms with Crippen LogP contribution in [0.1, 0.15) is 72.6 Å². The van der Waals surface area contributed by atoms with E-state index < -0.39 is 0 Å². The molecule has 0 saturated carbocycles. The van der Waals surface area contributed by atoms with E-state index in [2.05, 4.69) is 27.7 Å². The molecule has 98 valence electrons. The summed E-state index contributed by atoms with van der Waals surface area (Å²) in [6.45, 7) is 10.2. The second-order valence-corrected chi connectivity index (χ2v) is 4.64. The Labute approximate surface area is 102 Å². The van der Waals surface area contributed by atoms with Crippen LogP contribution in [0.4, 0.5) is 0 Å². The van der Waals surface area contributed by atoms with Gasteiger partial charge in [-0.15, -0.1) is 0 Å². The third-order valence-corrected chi connectivity index (χ3v) is 2.71. The Morgan fingerprint density at radius 3 is 1.75 bits per heavy atom. The van der Waals surface area contributed by atoms with Crippen LogP contribution in [-0.2, 0) is 9.47 Å². The van der Waals surface area contributed by atoms with Gasteiger partial charge in [-0.2, -0.15) is 0 Å². The molecule has 2 nitrogen and oxygen atoms in total. The van der Waals surface area contributed by atoms with Crippen LogP contribution in [0, 0.1) is 0 Å². The van der Waals surface area contributed by atoms with E-state index in [4.69, 9.17) is 9.47 Å². The van der Waals surface area contributed by atoms with E-state index in [1.807, 2.05) is 0 Å². The molecule has 0 saturated heterocycles. The second-order valence-electron chi connectivity index (χ2n) is 4.64. The summed E-state index contributed by atoms with van der Waals surface area (Å²) in [6.07, 6.45) is 8.22. The molecule has 0 aromatic heterocycles. The maximum Gasteiger partial charge on any atom is 0.165 e. The lowest BCUT2D eigenvalue weighted by atomic mass is 10.1. The van der Waals surface area contributed by atoms with E-state index in [0.717, 1.165) is 32.5 Å². The standard InChI is InChI=1S/C14H30O2/c1-5-8-9-10-11-14(4,15-12-6-2)16-13-7-3/h5-13H2,1-4H3. The number of hydrogen-bond donors (Lipinski definition) is 0. The van der Waals surface area contributed by atoms with Crippen molar-refractivity contribution >= 4 is 0 Å². The van der Waals surface area contributed by atoms with Crippen molar-refractivity contribution in [2.75, 3.05) is 13.2 Å². The first kappa shape index (κ1) is 15.9. The molecule has 0 aromatic rings. The minimum atomic E-state index is -0.347. The van der Waals surface area contributed by atoms with Gasteiger partial charge in [-0.1, -0.05) is 40.0 Å². The van der Waals surface area contributed by atoms with Gasteiger partial charge in [0.25, 0.3) is 0 Å². The normalized spacial score (nSPS) is 12.0. The monoisotopic (exact) mass is 230 g/mol. The number of unbranched alkanes of at least 4 members (excludes halogenated alkanes) is 3. The molecule has 0 aliphatic rings. The molecule has 0 aliphatic heterocycles. The van der Waals surface area contributed by atoms with Gasteiger partial charge in [0.2, 0.25) is 0 Å². The molecule has 0 aliphatic carbocycles. The van der Waals surface area contributed by atoms with Crippen LogP contribution < -0.4 is 0 Å². The molecular formula is C14H30O2. The first-order valence-electron chi connectivity index (χ1n) is 6.96. The van der Waals surface area contributed by atoms with E-state index in [0.29, 0.717) is 0 Å². The topological polar surface area (TPSA) is 18.5 Å². The molecule has 0 amide bonds. The summed E-state index contributed by atoms with van der Waals surface area (Å²) in [4.78, 5) is 0. The second kappa shape index (κ2) is 10.1. The molecule has 0 rings (SSSR count). The van der Waals surface area contributed by atoms with Gasteiger partial charge in [-0.25, -0.2) is 0 Å². The molecule has 16 heavy (non-hydrogen) atoms. The Kier molecular flexibility index (Phi) is 10.0. The zero-order valence-corrected chi connectivity index (χ0v) is 11.7. The third kappa shape index (κ3) is 8.12. The van der Waals surface area contributed by atoms with Crippen LogP contribution in [0.5, 0.6) is 0 Å². The fraction of sp³-hybridized carbons (Fsp3) is 1.00. The highest BCUT2D eigenvalue weighted by molar-refractivity contribution is 4.63. The molecule has 0 radical (unpaired) electrons. The zero-order valence-electron chi connectivity index (χ0n) is 11.7. The smallest absolute Gasteiger partial charge is 0.165 e. The molecule has 0 unspecified atom stereocenters. The maximum absolute atomic E-state index is 5.84. The minimum absolute atomic E-state index is 0.347. The Morgan fingerprint density at radius 2 is 1.31 bits per heavy atom. The van der Waals surface area contributed by atoms with E-state index in [1.54, 1.807) is 0 Å². The van der Waals surface area contributed by atoms with Crippen LogP contribution in [0.15, 0.2) is 0 Å². The molecule has 0 bridgehead atoms. The highest BCUT2D eigenvalue weighted by Gasteiger charge is 2.24. The molecule has 0 N–H and O–H groups in total. The molecule has 0 heterocycles. The third-order valence-electron chi connectivity index (χ3n) is 2.71. The molecule has 2 heteroatoms. The Bertz CT molecular complexity index is 138. The van der Waals surface area contributed by atoms with Crippen molar-refractivity contribution in [3.05, 3.63) is 0 Å². The van der Waals surface area contributed by atoms with Crippen molar-refractivity contribution in [2.45, 2.75) is 78.4 Å². The van der Waals surface area contributed by atoms with Crippen LogP contribution in [0.2, 0.25) is 0 Å². The fourth-order valence-corrected chi connectivity index (χ4v) is 1.69. The Hall–Kier alpha value is -0.0800. The van der Waals surface area contributed by atoms with Crippen molar-refractivity contribution in [2.24, 2.45) is 0 Å². The van der Waals surface area contributed by atoms with Crippen LogP contribution >= 0.6 is 0 Å². The zero-order chi connectivity index (χ0) is 12.3. The summed E-state index contributed by atoms with van der Waals surface area (Å²) in [5, 5.41) is 0. The van der Waals surface area contributed by atoms with Gasteiger partial charge < -0.3 is 9.47 Å². The lowest BCUT2D eigenvalue weighted by Crippen LogP contribution is -2.33. The predicted octanol–water partition coefficient (Wildman–Crippen LogP) is 4.53. The summed E-state index contributed by atoms with van der Waals surface area (Å²) < 4.78 is 11.7. The van der Waals surface area contributed by atoms with Crippen molar-refractivity contribution in [3.63, 3.8) is 0 Å². The summed E-state index contributed by atoms with van der Waals surface area (Å²) in [7, 11) is 0.